The number of aryl methyl sites for hydroxylation is 2. The quantitative estimate of drug-likeness (QED) is 0.0148. The number of aliphatic hydroxyl groups is 2. The van der Waals surface area contributed by atoms with E-state index in [1.807, 2.05) is 66.7 Å². The Hall–Kier alpha value is -6.70. The summed E-state index contributed by atoms with van der Waals surface area (Å²) in [6.07, 6.45) is 7.42. The zero-order chi connectivity index (χ0) is 68.8. The first-order chi connectivity index (χ1) is 45.8. The Labute approximate surface area is 617 Å². The maximum absolute atomic E-state index is 13.9. The average Bonchev–Trinajstić information content (AvgIpc) is 0.822. The molecule has 10 aromatic rings. The Morgan fingerprint density at radius 1 is 0.557 bits per heavy atom. The average molecular weight is 1680 g/mol. The fourth-order valence-corrected chi connectivity index (χ4v) is 10.7. The largest absolute Gasteiger partial charge is 0.478 e. The first-order valence-corrected chi connectivity index (χ1v) is 32.1. The van der Waals surface area contributed by atoms with E-state index in [9.17, 15) is 37.4 Å². The molecule has 0 spiro atoms. The van der Waals surface area contributed by atoms with Crippen molar-refractivity contribution in [3.05, 3.63) is 254 Å². The molecular formula is C73H82BBrCl3F4N9O5U. The summed E-state index contributed by atoms with van der Waals surface area (Å²) in [5.41, 5.74) is 12.1. The molecule has 97 heavy (non-hydrogen) atoms. The van der Waals surface area contributed by atoms with Crippen molar-refractivity contribution < 1.29 is 73.6 Å². The van der Waals surface area contributed by atoms with Gasteiger partial charge in [0.05, 0.1) is 23.8 Å². The van der Waals surface area contributed by atoms with Gasteiger partial charge in [-0.3, -0.25) is 4.79 Å². The Bertz CT molecular complexity index is 4070. The number of nitrogens with zero attached hydrogens (tertiary/aromatic N) is 3. The van der Waals surface area contributed by atoms with Gasteiger partial charge < -0.3 is 47.6 Å². The van der Waals surface area contributed by atoms with Gasteiger partial charge in [0.15, 0.2) is 0 Å². The fraction of sp³-hybridized carbons (Fsp3) is 0.274. The SMILES string of the molecule is CCCNc1nccc2ccc(C(=O)N[C@@H](Cc3cc(F)cc(F)c3)[C@H](O)CNCc3cccc(CC)c3)cc12.CCCNc1nccc2ccc(C(=O)O)cc12.CCc1cccc(CNC[C@@H](O)[C@@H](N)Cc2cc(F)cc(F)c2)c1.Cl.Cl.Clc1nccc2ccc(Br)cc12.[3H][B].[U]. The third-order valence-corrected chi connectivity index (χ3v) is 15.8. The summed E-state index contributed by atoms with van der Waals surface area (Å²) >= 11 is 9.28. The number of carboxylic acids is 1. The number of benzene rings is 7. The van der Waals surface area contributed by atoms with Crippen LogP contribution in [0.1, 0.15) is 94.6 Å². The smallest absolute Gasteiger partial charge is 0.335 e. The maximum Gasteiger partial charge on any atom is 0.335 e. The van der Waals surface area contributed by atoms with E-state index < -0.39 is 59.4 Å². The molecule has 0 aliphatic heterocycles. The van der Waals surface area contributed by atoms with E-state index in [1.165, 1.54) is 35.4 Å². The molecule has 0 fully saturated rings. The number of amides is 1. The summed E-state index contributed by atoms with van der Waals surface area (Å²) in [6, 6.07) is 43.5. The van der Waals surface area contributed by atoms with E-state index in [0.29, 0.717) is 47.3 Å². The van der Waals surface area contributed by atoms with Crippen LogP contribution in [0.25, 0.3) is 32.3 Å². The molecule has 24 heteroatoms. The van der Waals surface area contributed by atoms with E-state index in [4.69, 9.17) is 23.8 Å². The number of aliphatic hydroxyl groups excluding tert-OH is 2. The zero-order valence-corrected chi connectivity index (χ0v) is 62.4. The molecule has 0 aliphatic rings. The van der Waals surface area contributed by atoms with Gasteiger partial charge in [-0.05, 0) is 168 Å². The fourth-order valence-electron chi connectivity index (χ4n) is 10.1. The number of rotatable bonds is 25. The first-order valence-electron chi connectivity index (χ1n) is 31.5. The molecule has 3 heterocycles. The van der Waals surface area contributed by atoms with Crippen LogP contribution < -0.4 is 32.3 Å². The zero-order valence-electron chi connectivity index (χ0n) is 55.3. The number of hydrogen-bond donors (Lipinski definition) is 9. The number of carbonyl (C=O) groups is 2. The molecule has 0 saturated carbocycles. The second-order valence-electron chi connectivity index (χ2n) is 22.3. The predicted octanol–water partition coefficient (Wildman–Crippen LogP) is 14.5. The van der Waals surface area contributed by atoms with Crippen molar-refractivity contribution in [3.8, 4) is 0 Å². The van der Waals surface area contributed by atoms with Crippen molar-refractivity contribution in [1.82, 2.24) is 30.9 Å². The van der Waals surface area contributed by atoms with Crippen molar-refractivity contribution in [2.45, 2.75) is 104 Å². The number of halogens is 8. The van der Waals surface area contributed by atoms with Crippen molar-refractivity contribution in [2.24, 2.45) is 5.73 Å². The second kappa shape index (κ2) is 43.6. The molecule has 4 atom stereocenters. The number of pyridine rings is 3. The minimum Gasteiger partial charge on any atom is -0.478 e. The number of nitrogens with one attached hydrogen (secondary N) is 5. The van der Waals surface area contributed by atoms with E-state index in [1.54, 1.807) is 48.9 Å². The molecule has 0 saturated heterocycles. The van der Waals surface area contributed by atoms with E-state index in [2.05, 4.69) is 118 Å². The number of aromatic carboxylic acids is 1. The van der Waals surface area contributed by atoms with Crippen LogP contribution in [0.3, 0.4) is 0 Å². The molecule has 3 aromatic heterocycles. The molecule has 0 bridgehead atoms. The molecule has 2 radical (unpaired) electrons. The number of hydrogen-bond acceptors (Lipinski definition) is 12. The summed E-state index contributed by atoms with van der Waals surface area (Å²) in [6.45, 7) is 11.5. The molecule has 10 rings (SSSR count). The summed E-state index contributed by atoms with van der Waals surface area (Å²) in [7, 11) is 3.75. The topological polar surface area (TPSA) is 220 Å². The number of carbonyl (C=O) groups excluding carboxylic acids is 1. The van der Waals surface area contributed by atoms with Gasteiger partial charge in [0.1, 0.15) is 40.1 Å². The van der Waals surface area contributed by atoms with Crippen molar-refractivity contribution in [2.75, 3.05) is 36.8 Å². The molecular weight excluding hydrogens is 1590 g/mol. The monoisotopic (exact) mass is 1680 g/mol. The summed E-state index contributed by atoms with van der Waals surface area (Å²) in [5, 5.41) is 52.2. The molecule has 1 amide bonds. The predicted molar refractivity (Wildman–Crippen MR) is 391 cm³/mol. The van der Waals surface area contributed by atoms with Gasteiger partial charge in [-0.2, -0.15) is 0 Å². The maximum atomic E-state index is 13.9. The number of aromatic nitrogens is 3. The third kappa shape index (κ3) is 27.2. The van der Waals surface area contributed by atoms with Crippen LogP contribution in [0.5, 0.6) is 0 Å². The van der Waals surface area contributed by atoms with Gasteiger partial charge in [0.25, 0.3) is 5.91 Å². The number of carboxylic acid groups (broad SMARTS) is 1. The van der Waals surface area contributed by atoms with Gasteiger partial charge in [-0.1, -0.05) is 122 Å². The van der Waals surface area contributed by atoms with E-state index in [0.717, 1.165) is 105 Å². The minimum atomic E-state index is -1.02. The minimum absolute atomic E-state index is 0. The van der Waals surface area contributed by atoms with E-state index >= 15 is 0 Å². The van der Waals surface area contributed by atoms with Gasteiger partial charge in [-0.25, -0.2) is 37.3 Å². The summed E-state index contributed by atoms with van der Waals surface area (Å²) in [5.74, 6) is -2.58. The van der Waals surface area contributed by atoms with Gasteiger partial charge >= 0.3 is 5.97 Å². The van der Waals surface area contributed by atoms with Crippen LogP contribution in [0.4, 0.5) is 29.2 Å². The van der Waals surface area contributed by atoms with Crippen LogP contribution in [0.2, 0.25) is 5.15 Å². The van der Waals surface area contributed by atoms with E-state index in [-0.39, 0.29) is 80.9 Å². The van der Waals surface area contributed by atoms with Crippen LogP contribution in [0, 0.1) is 54.4 Å². The molecule has 0 unspecified atom stereocenters. The Balaban J connectivity index is 0.000000366. The Morgan fingerprint density at radius 3 is 1.47 bits per heavy atom. The standard InChI is InChI=1S/C32H36F2N4O2.C19H24F2N2O.C13H14N2O2.C9H5BrClN.BH.2ClH.U/c1-3-11-36-31-28-17-25(9-8-24(28)10-12-37-31)32(40)38-29(16-23-14-26(33)18-27(34)15-23)30(39)20-35-19-22-7-5-6-21(4-2)13-22;1-2-13-4-3-5-14(6-13)11-23-12-19(24)18(22)9-15-7-16(20)10-17(21)8-15;1-2-6-14-12-11-8-10(13(16)17)4-3-9(11)5-7-15-12;10-7-2-1-6-3-4-12-9(11)8(6)5-7;;;;/h5-10,12-15,17-18,29-30,35,39H,3-4,11,16,19-20H2,1-2H3,(H,36,37)(H,38,40);3-8,10,18-19,23-24H,2,9,11-12,22H2,1H3;3-5,7-8H,2,6H2,1H3,(H,14,15)(H,16,17);1-5H;3*1H;/t29-,30+;18-,19+;;;;;;/m00....../s1/i;;;;1T;;;. The second-order valence-corrected chi connectivity index (χ2v) is 23.5. The van der Waals surface area contributed by atoms with Gasteiger partial charge in [0, 0.05) is 142 Å². The van der Waals surface area contributed by atoms with Gasteiger partial charge in [0.2, 0.25) is 0 Å². The normalized spacial score (nSPS) is 11.8. The molecule has 512 valence electrons. The van der Waals surface area contributed by atoms with Crippen LogP contribution in [0.15, 0.2) is 181 Å². The number of nitrogens with two attached hydrogens (primary N) is 1. The summed E-state index contributed by atoms with van der Waals surface area (Å²) in [4.78, 5) is 37.0. The molecule has 10 N–H and O–H groups in total. The molecule has 0 aliphatic carbocycles. The molecule has 14 nitrogen and oxygen atoms in total. The Kier molecular flexibility index (Phi) is 37.2. The molecule has 7 aromatic carbocycles. The summed E-state index contributed by atoms with van der Waals surface area (Å²) < 4.78 is 60.5. The van der Waals surface area contributed by atoms with Crippen LogP contribution in [-0.4, -0.2) is 102 Å². The van der Waals surface area contributed by atoms with Crippen LogP contribution in [-0.2, 0) is 38.8 Å². The third-order valence-electron chi connectivity index (χ3n) is 15.0. The number of fused-ring (bicyclic) bond motifs is 3. The van der Waals surface area contributed by atoms with Crippen molar-refractivity contribution in [1.29, 1.82) is 1.34 Å². The van der Waals surface area contributed by atoms with Gasteiger partial charge in [-0.15, -0.1) is 24.8 Å². The van der Waals surface area contributed by atoms with Crippen molar-refractivity contribution in [3.63, 3.8) is 0 Å². The van der Waals surface area contributed by atoms with Crippen molar-refractivity contribution >= 4 is 117 Å². The number of anilines is 2. The first kappa shape index (κ1) is 82.7. The Morgan fingerprint density at radius 2 is 0.990 bits per heavy atom. The van der Waals surface area contributed by atoms with Crippen LogP contribution >= 0.6 is 52.3 Å².